The van der Waals surface area contributed by atoms with Crippen LogP contribution in [0.4, 0.5) is 22.4 Å². The van der Waals surface area contributed by atoms with Gasteiger partial charge in [0.2, 0.25) is 0 Å². The smallest absolute Gasteiger partial charge is 0.338 e. The summed E-state index contributed by atoms with van der Waals surface area (Å²) in [6.45, 7) is 5.79. The number of amides is 2. The van der Waals surface area contributed by atoms with Crippen LogP contribution in [-0.4, -0.2) is 12.6 Å². The van der Waals surface area contributed by atoms with Crippen molar-refractivity contribution < 1.29 is 22.4 Å². The average molecular weight is 306 g/mol. The first-order valence-electron chi connectivity index (χ1n) is 6.36. The second-order valence-electron chi connectivity index (χ2n) is 5.90. The molecule has 0 aromatic heterocycles. The zero-order chi connectivity index (χ0) is 16.3. The molecule has 1 aromatic rings. The van der Waals surface area contributed by atoms with Gasteiger partial charge in [0.25, 0.3) is 0 Å². The van der Waals surface area contributed by atoms with E-state index in [1.807, 2.05) is 20.8 Å². The number of hydrogen-bond donors (Lipinski definition) is 2. The lowest BCUT2D eigenvalue weighted by atomic mass is 9.97. The van der Waals surface area contributed by atoms with Crippen LogP contribution in [0.25, 0.3) is 0 Å². The fourth-order valence-corrected chi connectivity index (χ4v) is 1.55. The molecule has 0 bridgehead atoms. The number of hydrogen-bond acceptors (Lipinski definition) is 1. The number of carbonyl (C=O) groups excluding carboxylic acids is 1. The Morgan fingerprint density at radius 2 is 1.76 bits per heavy atom. The molecule has 0 radical (unpaired) electrons. The third kappa shape index (κ3) is 6.01. The standard InChI is InChI=1S/C14H18F4N2O/c1-13(2,3)8-20-12(21)19-7-9-4-5-10(15)6-11(9)14(16,17)18/h4-6H,7-8H2,1-3H3,(H2,19,20,21). The first-order valence-corrected chi connectivity index (χ1v) is 6.36. The highest BCUT2D eigenvalue weighted by atomic mass is 19.4. The molecule has 0 aliphatic rings. The van der Waals surface area contributed by atoms with Crippen molar-refractivity contribution in [2.45, 2.75) is 33.5 Å². The number of alkyl halides is 3. The first kappa shape index (κ1) is 17.3. The van der Waals surface area contributed by atoms with Gasteiger partial charge in [0.05, 0.1) is 5.56 Å². The van der Waals surface area contributed by atoms with Crippen molar-refractivity contribution in [1.82, 2.24) is 10.6 Å². The molecule has 1 rings (SSSR count). The molecule has 1 aromatic carbocycles. The Kier molecular flexibility index (Phi) is 5.20. The highest BCUT2D eigenvalue weighted by Crippen LogP contribution is 2.32. The quantitative estimate of drug-likeness (QED) is 0.822. The molecule has 0 fully saturated rings. The third-order valence-corrected chi connectivity index (χ3v) is 2.60. The van der Waals surface area contributed by atoms with Gasteiger partial charge in [-0.05, 0) is 23.1 Å². The van der Waals surface area contributed by atoms with Gasteiger partial charge in [-0.15, -0.1) is 0 Å². The maximum Gasteiger partial charge on any atom is 0.416 e. The molecule has 21 heavy (non-hydrogen) atoms. The molecular formula is C14H18F4N2O. The summed E-state index contributed by atoms with van der Waals surface area (Å²) in [6, 6.07) is 1.80. The zero-order valence-electron chi connectivity index (χ0n) is 12.1. The summed E-state index contributed by atoms with van der Waals surface area (Å²) in [6.07, 6.45) is -4.67. The van der Waals surface area contributed by atoms with Crippen LogP contribution in [0, 0.1) is 11.2 Å². The van der Waals surface area contributed by atoms with E-state index in [2.05, 4.69) is 10.6 Å². The van der Waals surface area contributed by atoms with E-state index in [-0.39, 0.29) is 17.5 Å². The summed E-state index contributed by atoms with van der Waals surface area (Å²) >= 11 is 0. The molecule has 0 atom stereocenters. The van der Waals surface area contributed by atoms with Crippen LogP contribution >= 0.6 is 0 Å². The Morgan fingerprint density at radius 1 is 1.14 bits per heavy atom. The minimum Gasteiger partial charge on any atom is -0.338 e. The molecule has 0 aliphatic heterocycles. The number of urea groups is 1. The van der Waals surface area contributed by atoms with Crippen molar-refractivity contribution in [3.05, 3.63) is 35.1 Å². The predicted octanol–water partition coefficient (Wildman–Crippen LogP) is 3.69. The van der Waals surface area contributed by atoms with Gasteiger partial charge in [-0.2, -0.15) is 13.2 Å². The van der Waals surface area contributed by atoms with Crippen LogP contribution in [0.3, 0.4) is 0 Å². The third-order valence-electron chi connectivity index (χ3n) is 2.60. The monoisotopic (exact) mass is 306 g/mol. The lowest BCUT2D eigenvalue weighted by molar-refractivity contribution is -0.138. The first-order chi connectivity index (χ1) is 9.49. The van der Waals surface area contributed by atoms with Crippen LogP contribution < -0.4 is 10.6 Å². The van der Waals surface area contributed by atoms with Gasteiger partial charge >= 0.3 is 12.2 Å². The predicted molar refractivity (Wildman–Crippen MR) is 71.1 cm³/mol. The molecule has 2 N–H and O–H groups in total. The summed E-state index contributed by atoms with van der Waals surface area (Å²) in [4.78, 5) is 11.5. The van der Waals surface area contributed by atoms with E-state index in [0.717, 1.165) is 12.1 Å². The summed E-state index contributed by atoms with van der Waals surface area (Å²) in [5.74, 6) is -0.969. The molecule has 118 valence electrons. The number of rotatable bonds is 3. The fourth-order valence-electron chi connectivity index (χ4n) is 1.55. The van der Waals surface area contributed by atoms with Crippen molar-refractivity contribution in [2.75, 3.05) is 6.54 Å². The van der Waals surface area contributed by atoms with E-state index in [4.69, 9.17) is 0 Å². The lowest BCUT2D eigenvalue weighted by Crippen LogP contribution is -2.39. The van der Waals surface area contributed by atoms with E-state index >= 15 is 0 Å². The number of nitrogens with one attached hydrogen (secondary N) is 2. The maximum absolute atomic E-state index is 12.9. The largest absolute Gasteiger partial charge is 0.416 e. The van der Waals surface area contributed by atoms with E-state index < -0.39 is 23.6 Å². The molecule has 0 heterocycles. The van der Waals surface area contributed by atoms with Crippen molar-refractivity contribution in [1.29, 1.82) is 0 Å². The highest BCUT2D eigenvalue weighted by Gasteiger charge is 2.33. The van der Waals surface area contributed by atoms with Gasteiger partial charge in [-0.3, -0.25) is 0 Å². The van der Waals surface area contributed by atoms with Gasteiger partial charge in [0, 0.05) is 13.1 Å². The average Bonchev–Trinajstić information content (AvgIpc) is 2.32. The normalized spacial score (nSPS) is 12.1. The number of halogens is 4. The van der Waals surface area contributed by atoms with Gasteiger partial charge in [0.15, 0.2) is 0 Å². The van der Waals surface area contributed by atoms with Crippen LogP contribution in [0.15, 0.2) is 18.2 Å². The molecule has 0 saturated heterocycles. The lowest BCUT2D eigenvalue weighted by Gasteiger charge is -2.19. The summed E-state index contributed by atoms with van der Waals surface area (Å²) in [5.41, 5.74) is -1.40. The minimum absolute atomic E-state index is 0.135. The Labute approximate surface area is 120 Å². The molecule has 0 unspecified atom stereocenters. The summed E-state index contributed by atoms with van der Waals surface area (Å²) in [7, 11) is 0. The molecule has 0 saturated carbocycles. The minimum atomic E-state index is -4.67. The fraction of sp³-hybridized carbons (Fsp3) is 0.500. The van der Waals surface area contributed by atoms with Crippen molar-refractivity contribution >= 4 is 6.03 Å². The Bertz CT molecular complexity index is 507. The number of benzene rings is 1. The van der Waals surface area contributed by atoms with Crippen LogP contribution in [0.2, 0.25) is 0 Å². The van der Waals surface area contributed by atoms with E-state index in [0.29, 0.717) is 12.6 Å². The summed E-state index contributed by atoms with van der Waals surface area (Å²) < 4.78 is 51.2. The number of carbonyl (C=O) groups is 1. The maximum atomic E-state index is 12.9. The molecule has 3 nitrogen and oxygen atoms in total. The van der Waals surface area contributed by atoms with Crippen molar-refractivity contribution in [3.63, 3.8) is 0 Å². The Morgan fingerprint density at radius 3 is 2.29 bits per heavy atom. The van der Waals surface area contributed by atoms with Crippen molar-refractivity contribution in [2.24, 2.45) is 5.41 Å². The van der Waals surface area contributed by atoms with Crippen molar-refractivity contribution in [3.8, 4) is 0 Å². The van der Waals surface area contributed by atoms with Gasteiger partial charge in [0.1, 0.15) is 5.82 Å². The zero-order valence-corrected chi connectivity index (χ0v) is 12.1. The SMILES string of the molecule is CC(C)(C)CNC(=O)NCc1ccc(F)cc1C(F)(F)F. The van der Waals surface area contributed by atoms with E-state index in [1.165, 1.54) is 0 Å². The molecular weight excluding hydrogens is 288 g/mol. The Hall–Kier alpha value is -1.79. The van der Waals surface area contributed by atoms with Gasteiger partial charge in [-0.25, -0.2) is 9.18 Å². The van der Waals surface area contributed by atoms with Gasteiger partial charge in [-0.1, -0.05) is 26.8 Å². The van der Waals surface area contributed by atoms with E-state index in [9.17, 15) is 22.4 Å². The highest BCUT2D eigenvalue weighted by molar-refractivity contribution is 5.73. The Balaban J connectivity index is 2.70. The molecule has 2 amide bonds. The second kappa shape index (κ2) is 6.32. The van der Waals surface area contributed by atoms with Crippen LogP contribution in [0.5, 0.6) is 0 Å². The second-order valence-corrected chi connectivity index (χ2v) is 5.90. The summed E-state index contributed by atoms with van der Waals surface area (Å²) in [5, 5.41) is 4.89. The van der Waals surface area contributed by atoms with E-state index in [1.54, 1.807) is 0 Å². The molecule has 0 spiro atoms. The van der Waals surface area contributed by atoms with Crippen LogP contribution in [-0.2, 0) is 12.7 Å². The van der Waals surface area contributed by atoms with Gasteiger partial charge < -0.3 is 10.6 Å². The molecule has 0 aliphatic carbocycles. The molecule has 7 heteroatoms. The topological polar surface area (TPSA) is 41.1 Å². The van der Waals surface area contributed by atoms with Crippen LogP contribution in [0.1, 0.15) is 31.9 Å².